The van der Waals surface area contributed by atoms with Gasteiger partial charge in [-0.05, 0) is 87.2 Å². The molecule has 6 rings (SSSR count). The number of carbonyl (C=O) groups excluding carboxylic acids is 1. The van der Waals surface area contributed by atoms with Crippen LogP contribution in [-0.4, -0.2) is 52.7 Å². The molecule has 1 spiro atoms. The van der Waals surface area contributed by atoms with Crippen LogP contribution in [0, 0.1) is 35.0 Å². The Kier molecular flexibility index (Phi) is 5.12. The number of likely N-dealkylation sites (tertiary alicyclic amines) is 1. The maximum Gasteiger partial charge on any atom is 0.163 e. The topological polar surface area (TPSA) is 49.8 Å². The molecule has 2 aliphatic heterocycles. The summed E-state index contributed by atoms with van der Waals surface area (Å²) in [5.41, 5.74) is 3.46. The molecule has 0 unspecified atom stereocenters. The zero-order chi connectivity index (χ0) is 23.3. The Hall–Kier alpha value is -0.970. The highest BCUT2D eigenvalue weighted by atomic mass is 16.5. The van der Waals surface area contributed by atoms with Crippen LogP contribution in [0.2, 0.25) is 0 Å². The SMILES string of the molecule is CCN1C[C@@H](C)C[C@H]2O[C@]3(CC[C@@H]4C(=C3C)C(=O)[C@H]3[C@H]4CC=C4C[C@@H](O)CC[C@@]43C)[C@H](C)[C@@H]21. The van der Waals surface area contributed by atoms with Gasteiger partial charge in [0.2, 0.25) is 0 Å². The molecule has 4 fully saturated rings. The second kappa shape index (κ2) is 7.51. The number of aliphatic hydroxyl groups excluding tert-OH is 1. The van der Waals surface area contributed by atoms with Crippen molar-refractivity contribution >= 4 is 5.78 Å². The molecule has 0 aromatic heterocycles. The summed E-state index contributed by atoms with van der Waals surface area (Å²) in [5.74, 6) is 2.45. The van der Waals surface area contributed by atoms with E-state index in [1.165, 1.54) is 17.7 Å². The van der Waals surface area contributed by atoms with Gasteiger partial charge in [-0.25, -0.2) is 0 Å². The first kappa shape index (κ1) is 22.5. The zero-order valence-corrected chi connectivity index (χ0v) is 21.3. The highest BCUT2D eigenvalue weighted by Crippen LogP contribution is 2.64. The highest BCUT2D eigenvalue weighted by Gasteiger charge is 2.63. The van der Waals surface area contributed by atoms with Crippen LogP contribution in [0.15, 0.2) is 22.8 Å². The summed E-state index contributed by atoms with van der Waals surface area (Å²) in [6, 6.07) is 0.475. The Morgan fingerprint density at radius 2 is 2.03 bits per heavy atom. The van der Waals surface area contributed by atoms with Crippen molar-refractivity contribution in [2.24, 2.45) is 35.0 Å². The van der Waals surface area contributed by atoms with Gasteiger partial charge in [0.15, 0.2) is 5.78 Å². The molecule has 33 heavy (non-hydrogen) atoms. The monoisotopic (exact) mass is 453 g/mol. The first-order valence-corrected chi connectivity index (χ1v) is 13.8. The fraction of sp³-hybridized carbons (Fsp3) is 0.828. The molecule has 10 atom stereocenters. The average molecular weight is 454 g/mol. The quantitative estimate of drug-likeness (QED) is 0.573. The van der Waals surface area contributed by atoms with Gasteiger partial charge in [-0.2, -0.15) is 0 Å². The molecule has 4 heteroatoms. The number of Topliss-reactive ketones (excluding diaryl/α,β-unsaturated/α-hetero) is 1. The number of nitrogens with zero attached hydrogens (tertiary/aromatic N) is 1. The van der Waals surface area contributed by atoms with Crippen LogP contribution in [-0.2, 0) is 9.53 Å². The van der Waals surface area contributed by atoms with Crippen molar-refractivity contribution in [1.82, 2.24) is 4.90 Å². The first-order chi connectivity index (χ1) is 15.7. The van der Waals surface area contributed by atoms with E-state index >= 15 is 0 Å². The van der Waals surface area contributed by atoms with E-state index in [4.69, 9.17) is 4.74 Å². The van der Waals surface area contributed by atoms with Gasteiger partial charge in [0, 0.05) is 30.0 Å². The number of carbonyl (C=O) groups is 1. The minimum absolute atomic E-state index is 0.0679. The zero-order valence-electron chi connectivity index (χ0n) is 21.3. The lowest BCUT2D eigenvalue weighted by Gasteiger charge is -2.48. The van der Waals surface area contributed by atoms with Crippen molar-refractivity contribution < 1.29 is 14.6 Å². The number of likely N-dealkylation sites (N-methyl/N-ethyl adjacent to an activating group) is 1. The molecule has 1 N–H and O–H groups in total. The van der Waals surface area contributed by atoms with E-state index in [2.05, 4.69) is 45.6 Å². The Morgan fingerprint density at radius 3 is 2.79 bits per heavy atom. The molecule has 182 valence electrons. The molecular weight excluding hydrogens is 410 g/mol. The smallest absolute Gasteiger partial charge is 0.163 e. The Morgan fingerprint density at radius 1 is 1.24 bits per heavy atom. The number of fused-ring (bicyclic) bond motifs is 6. The minimum Gasteiger partial charge on any atom is -0.393 e. The number of hydrogen-bond donors (Lipinski definition) is 1. The maximum atomic E-state index is 14.2. The van der Waals surface area contributed by atoms with Gasteiger partial charge in [0.05, 0.1) is 17.8 Å². The Bertz CT molecular complexity index is 922. The lowest BCUT2D eigenvalue weighted by molar-refractivity contribution is -0.123. The Balaban J connectivity index is 1.38. The largest absolute Gasteiger partial charge is 0.393 e. The lowest BCUT2D eigenvalue weighted by Crippen LogP contribution is -2.52. The third-order valence-electron chi connectivity index (χ3n) is 11.2. The molecule has 2 saturated carbocycles. The molecule has 2 saturated heterocycles. The van der Waals surface area contributed by atoms with E-state index in [9.17, 15) is 9.90 Å². The van der Waals surface area contributed by atoms with Gasteiger partial charge < -0.3 is 9.84 Å². The summed E-state index contributed by atoms with van der Waals surface area (Å²) in [4.78, 5) is 16.9. The molecule has 0 radical (unpaired) electrons. The van der Waals surface area contributed by atoms with E-state index in [0.717, 1.165) is 57.1 Å². The maximum absolute atomic E-state index is 14.2. The summed E-state index contributed by atoms with van der Waals surface area (Å²) < 4.78 is 7.08. The number of aliphatic hydroxyl groups is 1. The lowest BCUT2D eigenvalue weighted by atomic mass is 9.56. The third-order valence-corrected chi connectivity index (χ3v) is 11.2. The van der Waals surface area contributed by atoms with Crippen LogP contribution in [0.3, 0.4) is 0 Å². The van der Waals surface area contributed by atoms with Gasteiger partial charge in [0.1, 0.15) is 0 Å². The first-order valence-electron chi connectivity index (χ1n) is 13.8. The number of piperidine rings is 1. The van der Waals surface area contributed by atoms with E-state index in [1.807, 2.05) is 0 Å². The molecule has 6 aliphatic rings. The van der Waals surface area contributed by atoms with Crippen molar-refractivity contribution in [3.8, 4) is 0 Å². The van der Waals surface area contributed by atoms with Gasteiger partial charge >= 0.3 is 0 Å². The number of hydrogen-bond acceptors (Lipinski definition) is 4. The molecule has 4 aliphatic carbocycles. The Labute approximate surface area is 199 Å². The second-order valence-corrected chi connectivity index (χ2v) is 12.7. The fourth-order valence-electron chi connectivity index (χ4n) is 9.66. The molecule has 0 amide bonds. The van der Waals surface area contributed by atoms with Crippen molar-refractivity contribution in [3.63, 3.8) is 0 Å². The predicted octanol–water partition coefficient (Wildman–Crippen LogP) is 4.91. The average Bonchev–Trinajstić information content (AvgIpc) is 3.23. The van der Waals surface area contributed by atoms with Crippen LogP contribution in [0.1, 0.15) is 79.6 Å². The summed E-state index contributed by atoms with van der Waals surface area (Å²) in [6.45, 7) is 13.9. The summed E-state index contributed by atoms with van der Waals surface area (Å²) in [6.07, 6.45) is 9.30. The molecule has 0 aromatic carbocycles. The van der Waals surface area contributed by atoms with E-state index in [1.54, 1.807) is 0 Å². The standard InChI is InChI=1S/C29H43NO3/c1-6-30-15-16(2)13-23-26(30)18(4)29(33-23)12-10-21-22-8-7-19-14-20(31)9-11-28(19,5)25(22)27(32)24(21)17(29)3/h7,16,18,20-23,25-26,31H,6,8-15H2,1-5H3/t16-,18+,20-,21-,22-,23+,25+,26-,28-,29-/m0/s1. The number of ketones is 1. The van der Waals surface area contributed by atoms with Crippen LogP contribution in [0.4, 0.5) is 0 Å². The van der Waals surface area contributed by atoms with Crippen LogP contribution < -0.4 is 0 Å². The summed E-state index contributed by atoms with van der Waals surface area (Å²) in [7, 11) is 0. The molecule has 2 heterocycles. The second-order valence-electron chi connectivity index (χ2n) is 12.7. The number of rotatable bonds is 1. The highest BCUT2D eigenvalue weighted by molar-refractivity contribution is 6.02. The minimum atomic E-state index is -0.262. The molecule has 0 bridgehead atoms. The van der Waals surface area contributed by atoms with Gasteiger partial charge in [-0.3, -0.25) is 9.69 Å². The summed E-state index contributed by atoms with van der Waals surface area (Å²) in [5, 5.41) is 10.3. The van der Waals surface area contributed by atoms with E-state index in [0.29, 0.717) is 41.6 Å². The van der Waals surface area contributed by atoms with Crippen molar-refractivity contribution in [2.75, 3.05) is 13.1 Å². The van der Waals surface area contributed by atoms with Gasteiger partial charge in [-0.1, -0.05) is 39.3 Å². The molecule has 0 aromatic rings. The van der Waals surface area contributed by atoms with Crippen molar-refractivity contribution in [3.05, 3.63) is 22.8 Å². The molecular formula is C29H43NO3. The number of ether oxygens (including phenoxy) is 1. The molecule has 4 nitrogen and oxygen atoms in total. The van der Waals surface area contributed by atoms with Crippen LogP contribution >= 0.6 is 0 Å². The van der Waals surface area contributed by atoms with Gasteiger partial charge in [-0.15, -0.1) is 0 Å². The fourth-order valence-corrected chi connectivity index (χ4v) is 9.66. The normalized spacial score (nSPS) is 51.8. The van der Waals surface area contributed by atoms with Crippen molar-refractivity contribution in [1.29, 1.82) is 0 Å². The van der Waals surface area contributed by atoms with E-state index < -0.39 is 0 Å². The third kappa shape index (κ3) is 2.90. The summed E-state index contributed by atoms with van der Waals surface area (Å²) >= 11 is 0. The number of allylic oxidation sites excluding steroid dienone is 2. The predicted molar refractivity (Wildman–Crippen MR) is 130 cm³/mol. The van der Waals surface area contributed by atoms with Crippen molar-refractivity contribution in [2.45, 2.75) is 103 Å². The van der Waals surface area contributed by atoms with Crippen LogP contribution in [0.25, 0.3) is 0 Å². The van der Waals surface area contributed by atoms with Crippen LogP contribution in [0.5, 0.6) is 0 Å². The van der Waals surface area contributed by atoms with Gasteiger partial charge in [0.25, 0.3) is 0 Å². The van der Waals surface area contributed by atoms with E-state index in [-0.39, 0.29) is 23.0 Å².